The van der Waals surface area contributed by atoms with Gasteiger partial charge in [-0.2, -0.15) is 0 Å². The van der Waals surface area contributed by atoms with Crippen LogP contribution < -0.4 is 20.7 Å². The topological polar surface area (TPSA) is 79.5 Å². The first-order valence-corrected chi connectivity index (χ1v) is 6.64. The van der Waals surface area contributed by atoms with Crippen molar-refractivity contribution in [2.75, 3.05) is 25.0 Å². The van der Waals surface area contributed by atoms with E-state index in [-0.39, 0.29) is 18.4 Å². The number of aryl methyl sites for hydroxylation is 1. The van der Waals surface area contributed by atoms with Gasteiger partial charge in [0.2, 0.25) is 11.8 Å². The summed E-state index contributed by atoms with van der Waals surface area (Å²) in [5.41, 5.74) is 1.70. The van der Waals surface area contributed by atoms with Crippen molar-refractivity contribution in [1.29, 1.82) is 0 Å². The van der Waals surface area contributed by atoms with Gasteiger partial charge in [0.25, 0.3) is 0 Å². The van der Waals surface area contributed by atoms with Crippen LogP contribution in [0.2, 0.25) is 0 Å². The zero-order chi connectivity index (χ0) is 14.5. The molecule has 1 aromatic carbocycles. The molecule has 0 bridgehead atoms. The smallest absolute Gasteiger partial charge is 0.243 e. The number of hydrogen-bond donors (Lipinski definition) is 3. The average molecular weight is 277 g/mol. The highest BCUT2D eigenvalue weighted by molar-refractivity contribution is 5.97. The number of benzene rings is 1. The van der Waals surface area contributed by atoms with Crippen molar-refractivity contribution in [3.8, 4) is 5.75 Å². The van der Waals surface area contributed by atoms with Crippen molar-refractivity contribution in [1.82, 2.24) is 10.6 Å². The molecule has 2 amide bonds. The molecule has 6 nitrogen and oxygen atoms in total. The number of carbonyl (C=O) groups is 2. The molecule has 3 N–H and O–H groups in total. The Morgan fingerprint density at radius 2 is 2.30 bits per heavy atom. The molecule has 1 fully saturated rings. The molecule has 1 saturated heterocycles. The van der Waals surface area contributed by atoms with Crippen molar-refractivity contribution in [2.24, 2.45) is 0 Å². The molecule has 1 heterocycles. The van der Waals surface area contributed by atoms with Gasteiger partial charge < -0.3 is 15.4 Å². The maximum absolute atomic E-state index is 12.1. The molecular weight excluding hydrogens is 258 g/mol. The summed E-state index contributed by atoms with van der Waals surface area (Å²) in [5.74, 6) is 0.370. The predicted octanol–water partition coefficient (Wildman–Crippen LogP) is 0.420. The molecule has 0 spiro atoms. The minimum Gasteiger partial charge on any atom is -0.492 e. The van der Waals surface area contributed by atoms with Crippen LogP contribution in [-0.2, 0) is 9.59 Å². The summed E-state index contributed by atoms with van der Waals surface area (Å²) in [6.45, 7) is 4.84. The molecule has 6 heteroatoms. The normalized spacial score (nSPS) is 18.3. The van der Waals surface area contributed by atoms with E-state index in [1.54, 1.807) is 0 Å². The molecule has 1 unspecified atom stereocenters. The predicted molar refractivity (Wildman–Crippen MR) is 75.8 cm³/mol. The molecule has 1 aliphatic rings. The second-order valence-electron chi connectivity index (χ2n) is 4.66. The van der Waals surface area contributed by atoms with Gasteiger partial charge in [-0.25, -0.2) is 0 Å². The third kappa shape index (κ3) is 3.48. The summed E-state index contributed by atoms with van der Waals surface area (Å²) in [5, 5.41) is 8.37. The fraction of sp³-hybridized carbons (Fsp3) is 0.429. The maximum Gasteiger partial charge on any atom is 0.243 e. The van der Waals surface area contributed by atoms with E-state index in [1.807, 2.05) is 32.0 Å². The number of ether oxygens (including phenoxy) is 1. The van der Waals surface area contributed by atoms with Crippen LogP contribution in [0.25, 0.3) is 0 Å². The summed E-state index contributed by atoms with van der Waals surface area (Å²) in [6.07, 6.45) is 0. The van der Waals surface area contributed by atoms with Crippen LogP contribution in [0, 0.1) is 6.92 Å². The van der Waals surface area contributed by atoms with Gasteiger partial charge in [-0.1, -0.05) is 6.07 Å². The molecule has 2 rings (SSSR count). The van der Waals surface area contributed by atoms with E-state index >= 15 is 0 Å². The van der Waals surface area contributed by atoms with Crippen molar-refractivity contribution >= 4 is 17.5 Å². The van der Waals surface area contributed by atoms with E-state index < -0.39 is 6.04 Å². The standard InChI is InChI=1S/C14H19N3O3/c1-3-20-12-6-9(2)4-5-10(12)17-14(19)11-7-16-13(18)8-15-11/h4-6,11,15H,3,7-8H2,1-2H3,(H,16,18)(H,17,19). The third-order valence-corrected chi connectivity index (χ3v) is 3.02. The molecule has 1 aliphatic heterocycles. The van der Waals surface area contributed by atoms with Gasteiger partial charge in [-0.15, -0.1) is 0 Å². The summed E-state index contributed by atoms with van der Waals surface area (Å²) in [4.78, 5) is 23.2. The molecule has 0 aromatic heterocycles. The average Bonchev–Trinajstić information content (AvgIpc) is 2.43. The number of piperazine rings is 1. The van der Waals surface area contributed by atoms with E-state index in [4.69, 9.17) is 4.74 Å². The lowest BCUT2D eigenvalue weighted by Crippen LogP contribution is -2.56. The number of anilines is 1. The van der Waals surface area contributed by atoms with E-state index in [0.29, 0.717) is 24.6 Å². The number of carbonyl (C=O) groups excluding carboxylic acids is 2. The summed E-state index contributed by atoms with van der Waals surface area (Å²) in [6, 6.07) is 5.19. The Kier molecular flexibility index (Phi) is 4.57. The van der Waals surface area contributed by atoms with Crippen LogP contribution in [0.5, 0.6) is 5.75 Å². The van der Waals surface area contributed by atoms with Crippen molar-refractivity contribution in [2.45, 2.75) is 19.9 Å². The summed E-state index contributed by atoms with van der Waals surface area (Å²) < 4.78 is 5.52. The Bertz CT molecular complexity index is 506. The van der Waals surface area contributed by atoms with Crippen LogP contribution >= 0.6 is 0 Å². The lowest BCUT2D eigenvalue weighted by Gasteiger charge is -2.23. The first-order valence-electron chi connectivity index (χ1n) is 6.64. The Labute approximate surface area is 117 Å². The second kappa shape index (κ2) is 6.38. The highest BCUT2D eigenvalue weighted by atomic mass is 16.5. The zero-order valence-electron chi connectivity index (χ0n) is 11.7. The van der Waals surface area contributed by atoms with Crippen molar-refractivity contribution < 1.29 is 14.3 Å². The van der Waals surface area contributed by atoms with Crippen LogP contribution in [0.4, 0.5) is 5.69 Å². The Hall–Kier alpha value is -2.08. The van der Waals surface area contributed by atoms with Gasteiger partial charge in [0.15, 0.2) is 0 Å². The van der Waals surface area contributed by atoms with Gasteiger partial charge >= 0.3 is 0 Å². The lowest BCUT2D eigenvalue weighted by atomic mass is 10.2. The summed E-state index contributed by atoms with van der Waals surface area (Å²) >= 11 is 0. The zero-order valence-corrected chi connectivity index (χ0v) is 11.7. The Morgan fingerprint density at radius 3 is 2.95 bits per heavy atom. The van der Waals surface area contributed by atoms with E-state index in [2.05, 4.69) is 16.0 Å². The number of amides is 2. The molecule has 108 valence electrons. The fourth-order valence-electron chi connectivity index (χ4n) is 1.98. The minimum atomic E-state index is -0.427. The van der Waals surface area contributed by atoms with Crippen molar-refractivity contribution in [3.05, 3.63) is 23.8 Å². The van der Waals surface area contributed by atoms with Gasteiger partial charge in [-0.05, 0) is 31.5 Å². The quantitative estimate of drug-likeness (QED) is 0.745. The van der Waals surface area contributed by atoms with Crippen molar-refractivity contribution in [3.63, 3.8) is 0 Å². The first-order chi connectivity index (χ1) is 9.60. The van der Waals surface area contributed by atoms with E-state index in [1.165, 1.54) is 0 Å². The van der Waals surface area contributed by atoms with E-state index in [0.717, 1.165) is 5.56 Å². The molecule has 1 aromatic rings. The molecule has 0 radical (unpaired) electrons. The molecule has 20 heavy (non-hydrogen) atoms. The highest BCUT2D eigenvalue weighted by Gasteiger charge is 2.24. The van der Waals surface area contributed by atoms with Gasteiger partial charge in [0.05, 0.1) is 18.8 Å². The Balaban J connectivity index is 2.05. The second-order valence-corrected chi connectivity index (χ2v) is 4.66. The van der Waals surface area contributed by atoms with Crippen LogP contribution in [0.3, 0.4) is 0 Å². The van der Waals surface area contributed by atoms with Crippen LogP contribution in [0.1, 0.15) is 12.5 Å². The Morgan fingerprint density at radius 1 is 1.50 bits per heavy atom. The van der Waals surface area contributed by atoms with Crippen LogP contribution in [0.15, 0.2) is 18.2 Å². The maximum atomic E-state index is 12.1. The summed E-state index contributed by atoms with van der Waals surface area (Å²) in [7, 11) is 0. The highest BCUT2D eigenvalue weighted by Crippen LogP contribution is 2.25. The fourth-order valence-corrected chi connectivity index (χ4v) is 1.98. The number of hydrogen-bond acceptors (Lipinski definition) is 4. The lowest BCUT2D eigenvalue weighted by molar-refractivity contribution is -0.124. The molecule has 0 aliphatic carbocycles. The van der Waals surface area contributed by atoms with Crippen LogP contribution in [-0.4, -0.2) is 37.6 Å². The largest absolute Gasteiger partial charge is 0.492 e. The molecular formula is C14H19N3O3. The monoisotopic (exact) mass is 277 g/mol. The third-order valence-electron chi connectivity index (χ3n) is 3.02. The minimum absolute atomic E-state index is 0.0978. The first kappa shape index (κ1) is 14.3. The van der Waals surface area contributed by atoms with Gasteiger partial charge in [0.1, 0.15) is 11.8 Å². The molecule has 1 atom stereocenters. The van der Waals surface area contributed by atoms with Gasteiger partial charge in [0, 0.05) is 6.54 Å². The van der Waals surface area contributed by atoms with E-state index in [9.17, 15) is 9.59 Å². The number of nitrogens with one attached hydrogen (secondary N) is 3. The van der Waals surface area contributed by atoms with Gasteiger partial charge in [-0.3, -0.25) is 14.9 Å². The SMILES string of the molecule is CCOc1cc(C)ccc1NC(=O)C1CNC(=O)CN1. The molecule has 0 saturated carbocycles. The number of rotatable bonds is 4.